The van der Waals surface area contributed by atoms with E-state index >= 15 is 0 Å². The summed E-state index contributed by atoms with van der Waals surface area (Å²) in [5.41, 5.74) is 3.34. The third-order valence-electron chi connectivity index (χ3n) is 5.09. The minimum absolute atomic E-state index is 0.106. The fraction of sp³-hybridized carbons (Fsp3) is 0.208. The smallest absolute Gasteiger partial charge is 0.267 e. The molecule has 0 unspecified atom stereocenters. The first-order valence-electron chi connectivity index (χ1n) is 10.2. The van der Waals surface area contributed by atoms with Crippen molar-refractivity contribution in [2.75, 3.05) is 11.1 Å². The van der Waals surface area contributed by atoms with Gasteiger partial charge in [0.2, 0.25) is 5.91 Å². The Labute approximate surface area is 199 Å². The van der Waals surface area contributed by atoms with Gasteiger partial charge in [0, 0.05) is 15.6 Å². The first-order valence-corrected chi connectivity index (χ1v) is 12.4. The van der Waals surface area contributed by atoms with Crippen molar-refractivity contribution in [3.05, 3.63) is 79.9 Å². The van der Waals surface area contributed by atoms with Crippen LogP contribution in [0.1, 0.15) is 22.9 Å². The van der Waals surface area contributed by atoms with Gasteiger partial charge in [0.25, 0.3) is 5.56 Å². The number of thiophene rings is 1. The predicted octanol–water partition coefficient (Wildman–Crippen LogP) is 6.01. The molecule has 0 saturated heterocycles. The van der Waals surface area contributed by atoms with Crippen LogP contribution < -0.4 is 10.9 Å². The molecule has 0 radical (unpaired) electrons. The van der Waals surface area contributed by atoms with Crippen LogP contribution in [-0.2, 0) is 11.2 Å². The Bertz CT molecular complexity index is 1360. The lowest BCUT2D eigenvalue weighted by Gasteiger charge is -2.13. The van der Waals surface area contributed by atoms with Crippen LogP contribution in [0, 0.1) is 13.8 Å². The number of thioether (sulfide) groups is 1. The molecule has 2 aromatic heterocycles. The molecular formula is C24H22ClN3O2S2. The number of amides is 1. The van der Waals surface area contributed by atoms with Gasteiger partial charge < -0.3 is 5.32 Å². The summed E-state index contributed by atoms with van der Waals surface area (Å²) >= 11 is 8.78. The van der Waals surface area contributed by atoms with Gasteiger partial charge in [0.15, 0.2) is 5.16 Å². The van der Waals surface area contributed by atoms with Crippen LogP contribution in [0.2, 0.25) is 5.02 Å². The fourth-order valence-corrected chi connectivity index (χ4v) is 5.62. The Balaban J connectivity index is 1.72. The number of carbonyl (C=O) groups excluding carboxylic acids is 1. The van der Waals surface area contributed by atoms with E-state index in [9.17, 15) is 9.59 Å². The maximum absolute atomic E-state index is 13.6. The Morgan fingerprint density at radius 1 is 1.19 bits per heavy atom. The minimum atomic E-state index is -0.196. The number of hydrogen-bond acceptors (Lipinski definition) is 5. The van der Waals surface area contributed by atoms with E-state index < -0.39 is 0 Å². The van der Waals surface area contributed by atoms with Gasteiger partial charge in [-0.05, 0) is 56.2 Å². The fourth-order valence-electron chi connectivity index (χ4n) is 3.46. The van der Waals surface area contributed by atoms with Gasteiger partial charge in [0.1, 0.15) is 4.83 Å². The Kier molecular flexibility index (Phi) is 6.69. The summed E-state index contributed by atoms with van der Waals surface area (Å²) in [5.74, 6) is -0.0833. The minimum Gasteiger partial charge on any atom is -0.325 e. The second-order valence-electron chi connectivity index (χ2n) is 7.40. The Hall–Kier alpha value is -2.61. The summed E-state index contributed by atoms with van der Waals surface area (Å²) in [5, 5.41) is 4.54. The van der Waals surface area contributed by atoms with Crippen molar-refractivity contribution in [3.63, 3.8) is 0 Å². The van der Waals surface area contributed by atoms with Crippen molar-refractivity contribution in [2.24, 2.45) is 0 Å². The van der Waals surface area contributed by atoms with E-state index in [1.165, 1.54) is 11.8 Å². The first-order chi connectivity index (χ1) is 15.4. The molecule has 32 heavy (non-hydrogen) atoms. The van der Waals surface area contributed by atoms with E-state index in [4.69, 9.17) is 16.6 Å². The number of aromatic nitrogens is 2. The molecule has 0 fully saturated rings. The summed E-state index contributed by atoms with van der Waals surface area (Å²) in [4.78, 5) is 32.8. The second-order valence-corrected chi connectivity index (χ2v) is 9.86. The number of hydrogen-bond donors (Lipinski definition) is 1. The van der Waals surface area contributed by atoms with Crippen LogP contribution >= 0.6 is 34.7 Å². The Morgan fingerprint density at radius 2 is 1.94 bits per heavy atom. The van der Waals surface area contributed by atoms with Crippen molar-refractivity contribution >= 4 is 56.5 Å². The normalized spacial score (nSPS) is 11.1. The molecule has 0 saturated carbocycles. The van der Waals surface area contributed by atoms with Crippen molar-refractivity contribution < 1.29 is 4.79 Å². The molecule has 164 valence electrons. The largest absolute Gasteiger partial charge is 0.325 e. The van der Waals surface area contributed by atoms with E-state index in [0.717, 1.165) is 28.1 Å². The summed E-state index contributed by atoms with van der Waals surface area (Å²) in [6, 6.07) is 14.7. The standard InChI is InChI=1S/C24H22ClN3O2S2/c1-4-19-15(3)21-22(32-19)27-24(28(23(21)30)18-10-8-14(2)9-11-18)31-13-20(29)26-17-7-5-6-16(25)12-17/h5-12H,4,13H2,1-3H3,(H,26,29). The predicted molar refractivity (Wildman–Crippen MR) is 135 cm³/mol. The summed E-state index contributed by atoms with van der Waals surface area (Å²) in [6.07, 6.45) is 0.849. The van der Waals surface area contributed by atoms with Gasteiger partial charge in [-0.2, -0.15) is 0 Å². The average molecular weight is 484 g/mol. The molecule has 4 aromatic rings. The molecule has 0 aliphatic rings. The third-order valence-corrected chi connectivity index (χ3v) is 7.59. The first kappa shape index (κ1) is 22.6. The number of anilines is 1. The maximum atomic E-state index is 13.6. The molecule has 0 atom stereocenters. The number of halogens is 1. The zero-order chi connectivity index (χ0) is 22.8. The topological polar surface area (TPSA) is 64.0 Å². The third kappa shape index (κ3) is 4.60. The van der Waals surface area contributed by atoms with E-state index in [0.29, 0.717) is 26.1 Å². The van der Waals surface area contributed by atoms with Gasteiger partial charge >= 0.3 is 0 Å². The van der Waals surface area contributed by atoms with Gasteiger partial charge in [-0.3, -0.25) is 14.2 Å². The van der Waals surface area contributed by atoms with Gasteiger partial charge in [-0.25, -0.2) is 4.98 Å². The van der Waals surface area contributed by atoms with Crippen LogP contribution in [0.15, 0.2) is 58.5 Å². The SMILES string of the molecule is CCc1sc2nc(SCC(=O)Nc3cccc(Cl)c3)n(-c3ccc(C)cc3)c(=O)c2c1C. The lowest BCUT2D eigenvalue weighted by Crippen LogP contribution is -2.22. The highest BCUT2D eigenvalue weighted by molar-refractivity contribution is 7.99. The van der Waals surface area contributed by atoms with Crippen LogP contribution in [0.4, 0.5) is 5.69 Å². The summed E-state index contributed by atoms with van der Waals surface area (Å²) in [6.45, 7) is 6.05. The molecule has 4 rings (SSSR count). The Morgan fingerprint density at radius 3 is 2.62 bits per heavy atom. The van der Waals surface area contributed by atoms with Gasteiger partial charge in [0.05, 0.1) is 16.8 Å². The number of rotatable bonds is 6. The number of aryl methyl sites for hydroxylation is 3. The monoisotopic (exact) mass is 483 g/mol. The summed E-state index contributed by atoms with van der Waals surface area (Å²) < 4.78 is 1.61. The number of benzene rings is 2. The van der Waals surface area contributed by atoms with E-state index in [2.05, 4.69) is 12.2 Å². The maximum Gasteiger partial charge on any atom is 0.267 e. The highest BCUT2D eigenvalue weighted by Crippen LogP contribution is 2.30. The molecular weight excluding hydrogens is 462 g/mol. The van der Waals surface area contributed by atoms with E-state index in [-0.39, 0.29) is 17.2 Å². The van der Waals surface area contributed by atoms with E-state index in [1.807, 2.05) is 38.1 Å². The molecule has 1 amide bonds. The van der Waals surface area contributed by atoms with Gasteiger partial charge in [-0.15, -0.1) is 11.3 Å². The van der Waals surface area contributed by atoms with Crippen molar-refractivity contribution in [3.8, 4) is 5.69 Å². The molecule has 2 heterocycles. The highest BCUT2D eigenvalue weighted by Gasteiger charge is 2.19. The molecule has 0 aliphatic carbocycles. The number of fused-ring (bicyclic) bond motifs is 1. The molecule has 8 heteroatoms. The lowest BCUT2D eigenvalue weighted by molar-refractivity contribution is -0.113. The van der Waals surface area contributed by atoms with Crippen molar-refractivity contribution in [1.82, 2.24) is 9.55 Å². The van der Waals surface area contributed by atoms with Crippen LogP contribution in [0.3, 0.4) is 0 Å². The number of carbonyl (C=O) groups is 1. The van der Waals surface area contributed by atoms with Crippen molar-refractivity contribution in [1.29, 1.82) is 0 Å². The van der Waals surface area contributed by atoms with E-state index in [1.54, 1.807) is 40.2 Å². The van der Waals surface area contributed by atoms with Gasteiger partial charge in [-0.1, -0.05) is 54.0 Å². The zero-order valence-electron chi connectivity index (χ0n) is 17.9. The number of nitrogens with one attached hydrogen (secondary N) is 1. The molecule has 0 bridgehead atoms. The molecule has 1 N–H and O–H groups in total. The molecule has 0 aliphatic heterocycles. The zero-order valence-corrected chi connectivity index (χ0v) is 20.3. The van der Waals surface area contributed by atoms with Crippen LogP contribution in [0.5, 0.6) is 0 Å². The lowest BCUT2D eigenvalue weighted by atomic mass is 10.2. The number of nitrogens with zero attached hydrogens (tertiary/aromatic N) is 2. The molecule has 2 aromatic carbocycles. The average Bonchev–Trinajstić information content (AvgIpc) is 3.09. The summed E-state index contributed by atoms with van der Waals surface area (Å²) in [7, 11) is 0. The van der Waals surface area contributed by atoms with Crippen LogP contribution in [-0.4, -0.2) is 21.2 Å². The molecule has 0 spiro atoms. The molecule has 5 nitrogen and oxygen atoms in total. The van der Waals surface area contributed by atoms with Crippen molar-refractivity contribution in [2.45, 2.75) is 32.3 Å². The highest BCUT2D eigenvalue weighted by atomic mass is 35.5. The quantitative estimate of drug-likeness (QED) is 0.269. The van der Waals surface area contributed by atoms with Crippen LogP contribution in [0.25, 0.3) is 15.9 Å². The second kappa shape index (κ2) is 9.48.